The SMILES string of the molecule is CCOCCCN=C(NN)NCCOCC(C)C. The number of nitrogens with two attached hydrogens (primary N) is 1. The van der Waals surface area contributed by atoms with E-state index >= 15 is 0 Å². The molecule has 0 rings (SSSR count). The first-order valence-electron chi connectivity index (χ1n) is 6.61. The molecule has 4 N–H and O–H groups in total. The largest absolute Gasteiger partial charge is 0.382 e. The van der Waals surface area contributed by atoms with Gasteiger partial charge in [0.15, 0.2) is 0 Å². The van der Waals surface area contributed by atoms with Crippen LogP contribution >= 0.6 is 0 Å². The molecule has 0 aliphatic rings. The molecule has 0 amide bonds. The van der Waals surface area contributed by atoms with E-state index in [0.29, 0.717) is 31.6 Å². The molecule has 0 radical (unpaired) electrons. The van der Waals surface area contributed by atoms with E-state index in [1.54, 1.807) is 0 Å². The van der Waals surface area contributed by atoms with Gasteiger partial charge < -0.3 is 14.8 Å². The van der Waals surface area contributed by atoms with Crippen molar-refractivity contribution in [2.24, 2.45) is 16.8 Å². The zero-order valence-corrected chi connectivity index (χ0v) is 11.9. The quantitative estimate of drug-likeness (QED) is 0.175. The van der Waals surface area contributed by atoms with Crippen molar-refractivity contribution in [2.45, 2.75) is 27.2 Å². The van der Waals surface area contributed by atoms with Crippen LogP contribution in [0.1, 0.15) is 27.2 Å². The Morgan fingerprint density at radius 2 is 2.06 bits per heavy atom. The van der Waals surface area contributed by atoms with Crippen LogP contribution in [0.15, 0.2) is 4.99 Å². The molecule has 18 heavy (non-hydrogen) atoms. The number of rotatable bonds is 10. The van der Waals surface area contributed by atoms with Crippen molar-refractivity contribution in [3.63, 3.8) is 0 Å². The summed E-state index contributed by atoms with van der Waals surface area (Å²) < 4.78 is 10.7. The van der Waals surface area contributed by atoms with Gasteiger partial charge in [-0.2, -0.15) is 0 Å². The number of aliphatic imine (C=N–C) groups is 1. The zero-order chi connectivity index (χ0) is 13.6. The van der Waals surface area contributed by atoms with Crippen LogP contribution in [-0.4, -0.2) is 45.5 Å². The van der Waals surface area contributed by atoms with Crippen molar-refractivity contribution >= 4 is 5.96 Å². The Morgan fingerprint density at radius 1 is 1.28 bits per heavy atom. The van der Waals surface area contributed by atoms with Crippen molar-refractivity contribution in [3.8, 4) is 0 Å². The second-order valence-corrected chi connectivity index (χ2v) is 4.32. The number of nitrogens with one attached hydrogen (secondary N) is 2. The van der Waals surface area contributed by atoms with Crippen molar-refractivity contribution in [1.82, 2.24) is 10.7 Å². The maximum atomic E-state index is 5.44. The highest BCUT2D eigenvalue weighted by molar-refractivity contribution is 5.79. The summed E-state index contributed by atoms with van der Waals surface area (Å²) in [4.78, 5) is 4.28. The van der Waals surface area contributed by atoms with E-state index in [1.165, 1.54) is 0 Å². The molecule has 0 spiro atoms. The molecule has 0 bridgehead atoms. The Bertz CT molecular complexity index is 210. The molecule has 0 aliphatic carbocycles. The molecule has 108 valence electrons. The van der Waals surface area contributed by atoms with Gasteiger partial charge in [0.25, 0.3) is 0 Å². The Labute approximate surface area is 110 Å². The Balaban J connectivity index is 3.53. The minimum Gasteiger partial charge on any atom is -0.382 e. The normalized spacial score (nSPS) is 11.9. The molecule has 6 heteroatoms. The number of ether oxygens (including phenoxy) is 2. The van der Waals surface area contributed by atoms with Crippen molar-refractivity contribution in [1.29, 1.82) is 0 Å². The summed E-state index contributed by atoms with van der Waals surface area (Å²) in [6, 6.07) is 0. The van der Waals surface area contributed by atoms with Gasteiger partial charge >= 0.3 is 0 Å². The van der Waals surface area contributed by atoms with Crippen LogP contribution in [0.2, 0.25) is 0 Å². The summed E-state index contributed by atoms with van der Waals surface area (Å²) in [6.45, 7) is 10.5. The minimum atomic E-state index is 0.560. The van der Waals surface area contributed by atoms with Crippen molar-refractivity contribution < 1.29 is 9.47 Å². The van der Waals surface area contributed by atoms with E-state index in [4.69, 9.17) is 15.3 Å². The monoisotopic (exact) mass is 260 g/mol. The molecule has 0 heterocycles. The predicted molar refractivity (Wildman–Crippen MR) is 74.4 cm³/mol. The first kappa shape index (κ1) is 17.2. The maximum Gasteiger partial charge on any atom is 0.205 e. The molecule has 6 nitrogen and oxygen atoms in total. The van der Waals surface area contributed by atoms with E-state index in [2.05, 4.69) is 29.6 Å². The van der Waals surface area contributed by atoms with E-state index < -0.39 is 0 Å². The van der Waals surface area contributed by atoms with Crippen LogP contribution in [0.25, 0.3) is 0 Å². The van der Waals surface area contributed by atoms with Gasteiger partial charge in [0.2, 0.25) is 5.96 Å². The van der Waals surface area contributed by atoms with Crippen LogP contribution in [0.3, 0.4) is 0 Å². The Morgan fingerprint density at radius 3 is 2.67 bits per heavy atom. The summed E-state index contributed by atoms with van der Waals surface area (Å²) >= 11 is 0. The lowest BCUT2D eigenvalue weighted by Crippen LogP contribution is -2.43. The number of hydrazine groups is 1. The summed E-state index contributed by atoms with van der Waals surface area (Å²) in [5.41, 5.74) is 2.54. The molecule has 0 saturated heterocycles. The van der Waals surface area contributed by atoms with Gasteiger partial charge in [-0.15, -0.1) is 0 Å². The Hall–Kier alpha value is -0.850. The van der Waals surface area contributed by atoms with Gasteiger partial charge in [-0.3, -0.25) is 10.4 Å². The third-order valence-electron chi connectivity index (χ3n) is 2.05. The molecule has 0 saturated carbocycles. The molecule has 0 aromatic carbocycles. The average molecular weight is 260 g/mol. The van der Waals surface area contributed by atoms with Gasteiger partial charge in [0, 0.05) is 32.9 Å². The zero-order valence-electron chi connectivity index (χ0n) is 11.9. The van der Waals surface area contributed by atoms with Crippen LogP contribution in [0.5, 0.6) is 0 Å². The van der Waals surface area contributed by atoms with Crippen molar-refractivity contribution in [3.05, 3.63) is 0 Å². The van der Waals surface area contributed by atoms with E-state index in [1.807, 2.05) is 6.92 Å². The smallest absolute Gasteiger partial charge is 0.205 e. The van der Waals surface area contributed by atoms with Gasteiger partial charge in [0.1, 0.15) is 0 Å². The second-order valence-electron chi connectivity index (χ2n) is 4.32. The van der Waals surface area contributed by atoms with Crippen LogP contribution in [0, 0.1) is 5.92 Å². The van der Waals surface area contributed by atoms with Gasteiger partial charge in [0.05, 0.1) is 6.61 Å². The molecule has 0 unspecified atom stereocenters. The molecule has 0 aliphatic heterocycles. The summed E-state index contributed by atoms with van der Waals surface area (Å²) in [7, 11) is 0. The first-order valence-corrected chi connectivity index (χ1v) is 6.61. The molecular weight excluding hydrogens is 232 g/mol. The lowest BCUT2D eigenvalue weighted by molar-refractivity contribution is 0.114. The lowest BCUT2D eigenvalue weighted by Gasteiger charge is -2.10. The predicted octanol–water partition coefficient (Wildman–Crippen LogP) is 0.495. The fourth-order valence-electron chi connectivity index (χ4n) is 1.22. The summed E-state index contributed by atoms with van der Waals surface area (Å²) in [5, 5.41) is 3.08. The van der Waals surface area contributed by atoms with E-state index in [-0.39, 0.29) is 0 Å². The highest BCUT2D eigenvalue weighted by atomic mass is 16.5. The van der Waals surface area contributed by atoms with Crippen LogP contribution in [0.4, 0.5) is 0 Å². The van der Waals surface area contributed by atoms with Crippen molar-refractivity contribution in [2.75, 3.05) is 39.5 Å². The third-order valence-corrected chi connectivity index (χ3v) is 2.05. The molecular formula is C12H28N4O2. The standard InChI is InChI=1S/C12H28N4O2/c1-4-17-8-5-6-14-12(16-13)15-7-9-18-10-11(2)3/h11H,4-10,13H2,1-3H3,(H2,14,15,16). The van der Waals surface area contributed by atoms with E-state index in [0.717, 1.165) is 26.2 Å². The maximum absolute atomic E-state index is 5.44. The highest BCUT2D eigenvalue weighted by Gasteiger charge is 1.96. The topological polar surface area (TPSA) is 80.9 Å². The highest BCUT2D eigenvalue weighted by Crippen LogP contribution is 1.91. The van der Waals surface area contributed by atoms with Gasteiger partial charge in [-0.25, -0.2) is 5.84 Å². The minimum absolute atomic E-state index is 0.560. The van der Waals surface area contributed by atoms with Crippen LogP contribution in [-0.2, 0) is 9.47 Å². The molecule has 0 fully saturated rings. The Kier molecular flexibility index (Phi) is 12.0. The van der Waals surface area contributed by atoms with Gasteiger partial charge in [-0.1, -0.05) is 13.8 Å². The van der Waals surface area contributed by atoms with Gasteiger partial charge in [-0.05, 0) is 19.3 Å². The second kappa shape index (κ2) is 12.6. The van der Waals surface area contributed by atoms with Crippen LogP contribution < -0.4 is 16.6 Å². The fourth-order valence-corrected chi connectivity index (χ4v) is 1.22. The molecule has 0 aromatic heterocycles. The fraction of sp³-hybridized carbons (Fsp3) is 0.917. The number of guanidine groups is 1. The summed E-state index contributed by atoms with van der Waals surface area (Å²) in [6.07, 6.45) is 0.893. The van der Waals surface area contributed by atoms with E-state index in [9.17, 15) is 0 Å². The third kappa shape index (κ3) is 11.6. The number of hydrogen-bond acceptors (Lipinski definition) is 4. The summed E-state index contributed by atoms with van der Waals surface area (Å²) in [5.74, 6) is 6.52. The number of hydrogen-bond donors (Lipinski definition) is 3. The number of nitrogens with zero attached hydrogens (tertiary/aromatic N) is 1. The molecule has 0 atom stereocenters. The average Bonchev–Trinajstić information content (AvgIpc) is 2.35. The first-order chi connectivity index (χ1) is 8.70. The lowest BCUT2D eigenvalue weighted by atomic mass is 10.2. The molecule has 0 aromatic rings.